The van der Waals surface area contributed by atoms with E-state index in [9.17, 15) is 0 Å². The monoisotopic (exact) mass is 298 g/mol. The van der Waals surface area contributed by atoms with Gasteiger partial charge in [0, 0.05) is 37.5 Å². The van der Waals surface area contributed by atoms with Crippen molar-refractivity contribution < 1.29 is 4.74 Å². The number of hydrogen-bond acceptors (Lipinski definition) is 3. The van der Waals surface area contributed by atoms with Gasteiger partial charge in [0.1, 0.15) is 0 Å². The van der Waals surface area contributed by atoms with E-state index in [2.05, 4.69) is 43.1 Å². The van der Waals surface area contributed by atoms with Crippen LogP contribution in [0.5, 0.6) is 0 Å². The fourth-order valence-electron chi connectivity index (χ4n) is 2.19. The van der Waals surface area contributed by atoms with Gasteiger partial charge in [0.05, 0.1) is 6.61 Å². The second-order valence-electron chi connectivity index (χ2n) is 5.39. The molecule has 3 nitrogen and oxygen atoms in total. The lowest BCUT2D eigenvalue weighted by atomic mass is 10.1. The van der Waals surface area contributed by atoms with Crippen molar-refractivity contribution in [2.24, 2.45) is 5.92 Å². The second-order valence-corrected chi connectivity index (χ2v) is 5.82. The van der Waals surface area contributed by atoms with Crippen LogP contribution in [-0.2, 0) is 11.3 Å². The zero-order valence-corrected chi connectivity index (χ0v) is 13.8. The molecule has 0 spiro atoms. The van der Waals surface area contributed by atoms with Crippen molar-refractivity contribution in [1.82, 2.24) is 5.32 Å². The van der Waals surface area contributed by atoms with Crippen molar-refractivity contribution >= 4 is 17.3 Å². The van der Waals surface area contributed by atoms with Gasteiger partial charge in [0.25, 0.3) is 0 Å². The molecule has 0 aliphatic heterocycles. The zero-order chi connectivity index (χ0) is 15.0. The molecule has 0 saturated heterocycles. The summed E-state index contributed by atoms with van der Waals surface area (Å²) in [5.41, 5.74) is 2.50. The third-order valence-corrected chi connectivity index (χ3v) is 3.34. The Balaban J connectivity index is 2.98. The molecule has 1 N–H and O–H groups in total. The van der Waals surface area contributed by atoms with Gasteiger partial charge >= 0.3 is 0 Å². The number of nitrogens with zero attached hydrogens (tertiary/aromatic N) is 1. The summed E-state index contributed by atoms with van der Waals surface area (Å²) < 4.78 is 5.24. The second kappa shape index (κ2) is 9.22. The van der Waals surface area contributed by atoms with Crippen molar-refractivity contribution in [2.45, 2.75) is 27.3 Å². The van der Waals surface area contributed by atoms with Crippen LogP contribution in [0.3, 0.4) is 0 Å². The molecule has 114 valence electrons. The molecule has 20 heavy (non-hydrogen) atoms. The van der Waals surface area contributed by atoms with Crippen LogP contribution in [-0.4, -0.2) is 33.4 Å². The van der Waals surface area contributed by atoms with Gasteiger partial charge in [-0.25, -0.2) is 0 Å². The number of hydrogen-bond donors (Lipinski definition) is 1. The molecule has 0 aliphatic rings. The molecule has 0 fully saturated rings. The van der Waals surface area contributed by atoms with E-state index in [1.807, 2.05) is 6.07 Å². The maximum absolute atomic E-state index is 6.19. The van der Waals surface area contributed by atoms with E-state index in [1.54, 1.807) is 7.11 Å². The highest BCUT2D eigenvalue weighted by atomic mass is 35.5. The first-order valence-corrected chi connectivity index (χ1v) is 7.69. The minimum Gasteiger partial charge on any atom is -0.383 e. The Morgan fingerprint density at radius 1 is 1.35 bits per heavy atom. The van der Waals surface area contributed by atoms with Crippen LogP contribution in [0.1, 0.15) is 26.3 Å². The van der Waals surface area contributed by atoms with E-state index in [1.165, 1.54) is 11.3 Å². The smallest absolute Gasteiger partial charge is 0.0637 e. The lowest BCUT2D eigenvalue weighted by Crippen LogP contribution is -2.32. The number of benzene rings is 1. The van der Waals surface area contributed by atoms with Crippen LogP contribution in [0, 0.1) is 5.92 Å². The molecule has 0 heterocycles. The molecule has 1 aromatic rings. The normalized spacial score (nSPS) is 11.1. The third kappa shape index (κ3) is 5.70. The molecule has 1 rings (SSSR count). The lowest BCUT2D eigenvalue weighted by molar-refractivity contribution is 0.204. The lowest BCUT2D eigenvalue weighted by Gasteiger charge is -2.29. The predicted octanol–water partition coefficient (Wildman–Crippen LogP) is 3.56. The molecule has 0 bridgehead atoms. The third-order valence-electron chi connectivity index (χ3n) is 3.10. The fourth-order valence-corrected chi connectivity index (χ4v) is 2.36. The largest absolute Gasteiger partial charge is 0.383 e. The number of anilines is 1. The van der Waals surface area contributed by atoms with Crippen molar-refractivity contribution in [1.29, 1.82) is 0 Å². The van der Waals surface area contributed by atoms with E-state index in [-0.39, 0.29) is 0 Å². The SMILES string of the molecule is CCNCc1ccc(Cl)cc1N(CCOC)CC(C)C. The maximum atomic E-state index is 6.19. The average molecular weight is 299 g/mol. The Morgan fingerprint density at radius 3 is 2.70 bits per heavy atom. The Kier molecular flexibility index (Phi) is 7.97. The van der Waals surface area contributed by atoms with Crippen LogP contribution in [0.25, 0.3) is 0 Å². The van der Waals surface area contributed by atoms with Gasteiger partial charge < -0.3 is 15.0 Å². The highest BCUT2D eigenvalue weighted by Crippen LogP contribution is 2.25. The number of ether oxygens (including phenoxy) is 1. The fraction of sp³-hybridized carbons (Fsp3) is 0.625. The Hall–Kier alpha value is -0.770. The van der Waals surface area contributed by atoms with Crippen LogP contribution < -0.4 is 10.2 Å². The summed E-state index contributed by atoms with van der Waals surface area (Å²) >= 11 is 6.19. The summed E-state index contributed by atoms with van der Waals surface area (Å²) in [5.74, 6) is 0.595. The summed E-state index contributed by atoms with van der Waals surface area (Å²) in [6.07, 6.45) is 0. The zero-order valence-electron chi connectivity index (χ0n) is 13.1. The van der Waals surface area contributed by atoms with Crippen molar-refractivity contribution in [2.75, 3.05) is 38.3 Å². The van der Waals surface area contributed by atoms with E-state index in [0.29, 0.717) is 5.92 Å². The molecule has 4 heteroatoms. The number of halogens is 1. The van der Waals surface area contributed by atoms with Gasteiger partial charge in [-0.3, -0.25) is 0 Å². The number of rotatable bonds is 9. The Labute approximate surface area is 128 Å². The van der Waals surface area contributed by atoms with E-state index in [4.69, 9.17) is 16.3 Å². The molecule has 0 aromatic heterocycles. The number of nitrogens with one attached hydrogen (secondary N) is 1. The molecular weight excluding hydrogens is 272 g/mol. The summed E-state index contributed by atoms with van der Waals surface area (Å²) in [6.45, 7) is 11.0. The van der Waals surface area contributed by atoms with Gasteiger partial charge in [-0.15, -0.1) is 0 Å². The van der Waals surface area contributed by atoms with Crippen LogP contribution in [0.15, 0.2) is 18.2 Å². The van der Waals surface area contributed by atoms with Crippen LogP contribution >= 0.6 is 11.6 Å². The quantitative estimate of drug-likeness (QED) is 0.754. The summed E-state index contributed by atoms with van der Waals surface area (Å²) in [5, 5.41) is 4.17. The van der Waals surface area contributed by atoms with E-state index < -0.39 is 0 Å². The molecule has 0 atom stereocenters. The van der Waals surface area contributed by atoms with Crippen molar-refractivity contribution in [3.63, 3.8) is 0 Å². The molecule has 0 radical (unpaired) electrons. The van der Waals surface area contributed by atoms with Gasteiger partial charge in [0.2, 0.25) is 0 Å². The topological polar surface area (TPSA) is 24.5 Å². The summed E-state index contributed by atoms with van der Waals surface area (Å²) in [4.78, 5) is 2.37. The molecule has 0 aliphatic carbocycles. The van der Waals surface area contributed by atoms with Gasteiger partial charge in [-0.1, -0.05) is 38.4 Å². The minimum atomic E-state index is 0.595. The first kappa shape index (κ1) is 17.3. The molecule has 0 saturated carbocycles. The van der Waals surface area contributed by atoms with Crippen LogP contribution in [0.4, 0.5) is 5.69 Å². The van der Waals surface area contributed by atoms with Gasteiger partial charge in [-0.05, 0) is 30.2 Å². The molecule has 0 unspecified atom stereocenters. The highest BCUT2D eigenvalue weighted by Gasteiger charge is 2.13. The van der Waals surface area contributed by atoms with Gasteiger partial charge in [-0.2, -0.15) is 0 Å². The Morgan fingerprint density at radius 2 is 2.10 bits per heavy atom. The Bertz CT molecular complexity index is 396. The van der Waals surface area contributed by atoms with Crippen LogP contribution in [0.2, 0.25) is 5.02 Å². The van der Waals surface area contributed by atoms with Crippen molar-refractivity contribution in [3.8, 4) is 0 Å². The van der Waals surface area contributed by atoms with E-state index >= 15 is 0 Å². The minimum absolute atomic E-state index is 0.595. The average Bonchev–Trinajstić information content (AvgIpc) is 2.41. The summed E-state index contributed by atoms with van der Waals surface area (Å²) in [7, 11) is 1.74. The first-order chi connectivity index (χ1) is 9.58. The maximum Gasteiger partial charge on any atom is 0.0637 e. The van der Waals surface area contributed by atoms with E-state index in [0.717, 1.165) is 37.8 Å². The van der Waals surface area contributed by atoms with Crippen molar-refractivity contribution in [3.05, 3.63) is 28.8 Å². The standard InChI is InChI=1S/C16H27ClN2O/c1-5-18-11-14-6-7-15(17)10-16(14)19(8-9-20-4)12-13(2)3/h6-7,10,13,18H,5,8-9,11-12H2,1-4H3. The summed E-state index contributed by atoms with van der Waals surface area (Å²) in [6, 6.07) is 6.13. The first-order valence-electron chi connectivity index (χ1n) is 7.31. The predicted molar refractivity (Wildman–Crippen MR) is 87.8 cm³/mol. The molecule has 0 amide bonds. The number of methoxy groups -OCH3 is 1. The highest BCUT2D eigenvalue weighted by molar-refractivity contribution is 6.30. The van der Waals surface area contributed by atoms with Gasteiger partial charge in [0.15, 0.2) is 0 Å². The molecular formula is C16H27ClN2O. The molecule has 1 aromatic carbocycles.